The molecule has 1 aromatic carbocycles. The summed E-state index contributed by atoms with van der Waals surface area (Å²) in [6, 6.07) is 9.58. The molecular weight excluding hydrogens is 444 g/mol. The summed E-state index contributed by atoms with van der Waals surface area (Å²) in [6.45, 7) is 3.23. The van der Waals surface area contributed by atoms with E-state index in [1.54, 1.807) is 44.3 Å². The zero-order chi connectivity index (χ0) is 24.6. The van der Waals surface area contributed by atoms with Crippen molar-refractivity contribution in [3.05, 3.63) is 69.1 Å². The molecule has 10 heteroatoms. The van der Waals surface area contributed by atoms with Crippen molar-refractivity contribution < 1.29 is 18.7 Å². The number of para-hydroxylation sites is 1. The van der Waals surface area contributed by atoms with Crippen molar-refractivity contribution in [2.75, 3.05) is 23.3 Å². The molecule has 2 N–H and O–H groups in total. The van der Waals surface area contributed by atoms with Crippen LogP contribution in [0.4, 0.5) is 20.3 Å². The van der Waals surface area contributed by atoms with Crippen molar-refractivity contribution in [1.29, 1.82) is 5.26 Å². The molecule has 34 heavy (non-hydrogen) atoms. The van der Waals surface area contributed by atoms with Crippen LogP contribution in [-0.4, -0.2) is 45.9 Å². The number of nitrogens with zero attached hydrogens (tertiary/aromatic N) is 4. The number of carboxylic acid groups (broad SMARTS) is 1. The Labute approximate surface area is 194 Å². The number of hydrogen-bond acceptors (Lipinski definition) is 6. The van der Waals surface area contributed by atoms with Gasteiger partial charge in [0.1, 0.15) is 24.1 Å². The van der Waals surface area contributed by atoms with E-state index in [2.05, 4.69) is 10.3 Å². The monoisotopic (exact) mass is 467 g/mol. The van der Waals surface area contributed by atoms with E-state index in [1.807, 2.05) is 6.07 Å². The van der Waals surface area contributed by atoms with Crippen LogP contribution < -0.4 is 15.8 Å². The predicted molar refractivity (Wildman–Crippen MR) is 123 cm³/mol. The third-order valence-corrected chi connectivity index (χ3v) is 5.83. The van der Waals surface area contributed by atoms with E-state index in [-0.39, 0.29) is 42.1 Å². The number of aromatic carboxylic acids is 1. The zero-order valence-electron chi connectivity index (χ0n) is 18.6. The molecule has 0 radical (unpaired) electrons. The zero-order valence-corrected chi connectivity index (χ0v) is 18.6. The second kappa shape index (κ2) is 9.09. The lowest BCUT2D eigenvalue weighted by Crippen LogP contribution is -2.44. The number of pyridine rings is 1. The highest BCUT2D eigenvalue weighted by Crippen LogP contribution is 2.28. The third-order valence-electron chi connectivity index (χ3n) is 5.83. The summed E-state index contributed by atoms with van der Waals surface area (Å²) in [5, 5.41) is 22.3. The smallest absolute Gasteiger partial charge is 0.337 e. The lowest BCUT2D eigenvalue weighted by molar-refractivity contribution is 0.0698. The Morgan fingerprint density at radius 2 is 1.97 bits per heavy atom. The molecule has 3 atom stereocenters. The molecule has 0 spiro atoms. The summed E-state index contributed by atoms with van der Waals surface area (Å²) in [7, 11) is 0. The van der Waals surface area contributed by atoms with E-state index in [9.17, 15) is 28.7 Å². The Bertz CT molecular complexity index is 1360. The topological polar surface area (TPSA) is 111 Å². The van der Waals surface area contributed by atoms with Crippen LogP contribution in [-0.2, 0) is 0 Å². The van der Waals surface area contributed by atoms with Crippen LogP contribution in [0, 0.1) is 18.3 Å². The lowest BCUT2D eigenvalue weighted by atomic mass is 10.1. The maximum absolute atomic E-state index is 14.1. The molecule has 1 aliphatic heterocycles. The predicted octanol–water partition coefficient (Wildman–Crippen LogP) is 3.63. The number of rotatable bonds is 5. The Hall–Kier alpha value is -4.00. The second-order valence-corrected chi connectivity index (χ2v) is 8.45. The fraction of sp³-hybridized carbons (Fsp3) is 0.333. The van der Waals surface area contributed by atoms with Gasteiger partial charge >= 0.3 is 5.97 Å². The first-order valence-corrected chi connectivity index (χ1v) is 10.8. The molecule has 0 bridgehead atoms. The van der Waals surface area contributed by atoms with Gasteiger partial charge in [0.25, 0.3) is 5.56 Å². The van der Waals surface area contributed by atoms with Gasteiger partial charge in [0, 0.05) is 23.9 Å². The van der Waals surface area contributed by atoms with Gasteiger partial charge in [0.15, 0.2) is 11.4 Å². The van der Waals surface area contributed by atoms with Crippen LogP contribution >= 0.6 is 0 Å². The van der Waals surface area contributed by atoms with E-state index in [0.717, 1.165) is 0 Å². The Balaban J connectivity index is 1.86. The maximum atomic E-state index is 14.1. The number of fused-ring (bicyclic) bond motifs is 1. The highest BCUT2D eigenvalue weighted by molar-refractivity contribution is 5.94. The van der Waals surface area contributed by atoms with Crippen molar-refractivity contribution in [2.24, 2.45) is 0 Å². The fourth-order valence-corrected chi connectivity index (χ4v) is 4.30. The molecule has 1 saturated heterocycles. The van der Waals surface area contributed by atoms with Crippen molar-refractivity contribution in [1.82, 2.24) is 9.38 Å². The normalized spacial score (nSPS) is 19.0. The Kier molecular flexibility index (Phi) is 6.20. The van der Waals surface area contributed by atoms with Crippen LogP contribution in [0.3, 0.4) is 0 Å². The molecule has 1 aliphatic rings. The number of aryl methyl sites for hydroxylation is 1. The minimum Gasteiger partial charge on any atom is -0.478 e. The summed E-state index contributed by atoms with van der Waals surface area (Å²) in [6.07, 6.45) is -1.58. The average molecular weight is 467 g/mol. The number of alkyl halides is 2. The number of benzene rings is 1. The molecule has 0 amide bonds. The van der Waals surface area contributed by atoms with Gasteiger partial charge in [-0.25, -0.2) is 18.6 Å². The third kappa shape index (κ3) is 4.29. The van der Waals surface area contributed by atoms with Crippen LogP contribution in [0.25, 0.3) is 5.65 Å². The first-order chi connectivity index (χ1) is 16.2. The number of nitrogens with one attached hydrogen (secondary N) is 1. The lowest BCUT2D eigenvalue weighted by Gasteiger charge is -2.32. The number of piperidine rings is 1. The largest absolute Gasteiger partial charge is 0.478 e. The number of carbonyl (C=O) groups is 1. The van der Waals surface area contributed by atoms with Gasteiger partial charge in [-0.15, -0.1) is 0 Å². The quantitative estimate of drug-likeness (QED) is 0.589. The number of halogens is 2. The number of aromatic nitrogens is 2. The van der Waals surface area contributed by atoms with Crippen molar-refractivity contribution in [2.45, 2.75) is 38.7 Å². The van der Waals surface area contributed by atoms with Crippen molar-refractivity contribution in [3.63, 3.8) is 0 Å². The van der Waals surface area contributed by atoms with Crippen LogP contribution in [0.15, 0.2) is 41.3 Å². The van der Waals surface area contributed by atoms with Gasteiger partial charge in [0.2, 0.25) is 0 Å². The molecule has 0 aliphatic carbocycles. The molecule has 0 saturated carbocycles. The molecule has 8 nitrogen and oxygen atoms in total. The summed E-state index contributed by atoms with van der Waals surface area (Å²) in [5.74, 6) is -1.15. The van der Waals surface area contributed by atoms with E-state index >= 15 is 0 Å². The molecule has 3 heterocycles. The van der Waals surface area contributed by atoms with Crippen molar-refractivity contribution in [3.8, 4) is 6.07 Å². The maximum Gasteiger partial charge on any atom is 0.337 e. The van der Waals surface area contributed by atoms with Gasteiger partial charge in [-0.1, -0.05) is 12.1 Å². The summed E-state index contributed by atoms with van der Waals surface area (Å²) in [4.78, 5) is 30.6. The van der Waals surface area contributed by atoms with Gasteiger partial charge in [0.05, 0.1) is 24.7 Å². The molecular formula is C24H23F2N5O3. The highest BCUT2D eigenvalue weighted by atomic mass is 19.1. The SMILES string of the molecule is Cc1cc([C@@H](C)Nc2ccccc2C(=O)O)c2nc(N3C[C@H](F)C[C@H](F)C3)c(C#N)c(=O)n2c1. The fourth-order valence-electron chi connectivity index (χ4n) is 4.30. The first-order valence-electron chi connectivity index (χ1n) is 10.8. The van der Waals surface area contributed by atoms with Crippen molar-refractivity contribution >= 4 is 23.1 Å². The standard InChI is InChI=1S/C24H23F2N5O3/c1-13-7-18(14(2)28-20-6-4-3-5-17(20)24(33)34)22-29-21(19(9-27)23(32)31(22)10-13)30-11-15(25)8-16(26)12-30/h3-7,10,14-16,28H,8,11-12H2,1-2H3,(H,33,34)/t14-,15-,16+/m1/s1. The molecule has 4 rings (SSSR count). The van der Waals surface area contributed by atoms with E-state index in [0.29, 0.717) is 16.8 Å². The highest BCUT2D eigenvalue weighted by Gasteiger charge is 2.31. The molecule has 0 unspecified atom stereocenters. The number of nitriles is 1. The number of carboxylic acids is 1. The van der Waals surface area contributed by atoms with Gasteiger partial charge in [-0.3, -0.25) is 9.20 Å². The van der Waals surface area contributed by atoms with Crippen LogP contribution in [0.5, 0.6) is 0 Å². The Morgan fingerprint density at radius 3 is 2.62 bits per heavy atom. The van der Waals surface area contributed by atoms with E-state index < -0.39 is 29.9 Å². The van der Waals surface area contributed by atoms with E-state index in [1.165, 1.54) is 15.4 Å². The number of hydrogen-bond donors (Lipinski definition) is 2. The first kappa shape index (κ1) is 23.2. The van der Waals surface area contributed by atoms with Gasteiger partial charge in [-0.2, -0.15) is 5.26 Å². The van der Waals surface area contributed by atoms with Crippen LogP contribution in [0.1, 0.15) is 46.4 Å². The molecule has 3 aromatic rings. The molecule has 176 valence electrons. The van der Waals surface area contributed by atoms with E-state index in [4.69, 9.17) is 0 Å². The van der Waals surface area contributed by atoms with Gasteiger partial charge in [-0.05, 0) is 37.6 Å². The number of anilines is 2. The van der Waals surface area contributed by atoms with Gasteiger partial charge < -0.3 is 15.3 Å². The second-order valence-electron chi connectivity index (χ2n) is 8.45. The summed E-state index contributed by atoms with van der Waals surface area (Å²) < 4.78 is 29.4. The van der Waals surface area contributed by atoms with Crippen LogP contribution in [0.2, 0.25) is 0 Å². The summed E-state index contributed by atoms with van der Waals surface area (Å²) in [5.41, 5.74) is 1.04. The molecule has 2 aromatic heterocycles. The minimum atomic E-state index is -1.44. The molecule has 1 fully saturated rings. The summed E-state index contributed by atoms with van der Waals surface area (Å²) >= 11 is 0. The minimum absolute atomic E-state index is 0.0549. The average Bonchev–Trinajstić information content (AvgIpc) is 2.78. The Morgan fingerprint density at radius 1 is 1.29 bits per heavy atom.